The molecule has 0 fully saturated rings. The molecule has 3 N–H and O–H groups in total. The van der Waals surface area contributed by atoms with Crippen LogP contribution in [-0.4, -0.2) is 21.5 Å². The first kappa shape index (κ1) is 17.2. The lowest BCUT2D eigenvalue weighted by molar-refractivity contribution is -0.117. The molecule has 0 saturated carbocycles. The molecule has 0 aliphatic heterocycles. The van der Waals surface area contributed by atoms with Crippen LogP contribution in [0.4, 0.5) is 5.69 Å². The first-order chi connectivity index (χ1) is 9.61. The summed E-state index contributed by atoms with van der Waals surface area (Å²) in [6, 6.07) is 7.15. The van der Waals surface area contributed by atoms with Gasteiger partial charge in [-0.3, -0.25) is 4.79 Å². The average Bonchev–Trinajstić information content (AvgIpc) is 2.85. The number of hydrogen-bond donors (Lipinski definition) is 2. The molecule has 114 valence electrons. The smallest absolute Gasteiger partial charge is 0.241 e. The number of nitrogens with two attached hydrogens (primary N) is 1. The molecule has 0 saturated heterocycles. The normalized spacial score (nSPS) is 11.6. The van der Waals surface area contributed by atoms with Gasteiger partial charge < -0.3 is 15.6 Å². The Labute approximate surface area is 131 Å². The van der Waals surface area contributed by atoms with E-state index in [1.807, 2.05) is 49.0 Å². The molecule has 2 rings (SSSR count). The van der Waals surface area contributed by atoms with E-state index in [1.165, 1.54) is 0 Å². The third kappa shape index (κ3) is 4.31. The first-order valence-corrected chi connectivity index (χ1v) is 6.76. The summed E-state index contributed by atoms with van der Waals surface area (Å²) in [5.74, 6) is 0.711. The number of anilines is 1. The zero-order chi connectivity index (χ0) is 14.5. The Hall–Kier alpha value is -1.85. The van der Waals surface area contributed by atoms with Crippen LogP contribution in [0.2, 0.25) is 0 Å². The van der Waals surface area contributed by atoms with Crippen LogP contribution in [-0.2, 0) is 11.8 Å². The highest BCUT2D eigenvalue weighted by atomic mass is 35.5. The average molecular weight is 309 g/mol. The molecule has 1 aromatic heterocycles. The molecule has 0 bridgehead atoms. The van der Waals surface area contributed by atoms with E-state index in [4.69, 9.17) is 5.73 Å². The van der Waals surface area contributed by atoms with Gasteiger partial charge in [-0.15, -0.1) is 12.4 Å². The lowest BCUT2D eigenvalue weighted by Gasteiger charge is -2.12. The van der Waals surface area contributed by atoms with Gasteiger partial charge in [-0.25, -0.2) is 4.98 Å². The molecular formula is C15H21ClN4O. The number of nitrogens with one attached hydrogen (secondary N) is 1. The van der Waals surface area contributed by atoms with Gasteiger partial charge in [0.25, 0.3) is 0 Å². The fraction of sp³-hybridized carbons (Fsp3) is 0.333. The number of amides is 1. The van der Waals surface area contributed by atoms with E-state index >= 15 is 0 Å². The fourth-order valence-electron chi connectivity index (χ4n) is 2.06. The van der Waals surface area contributed by atoms with Crippen molar-refractivity contribution in [3.8, 4) is 11.4 Å². The van der Waals surface area contributed by atoms with Gasteiger partial charge in [-0.2, -0.15) is 0 Å². The Kier molecular flexibility index (Phi) is 6.39. The maximum Gasteiger partial charge on any atom is 0.241 e. The molecule has 21 heavy (non-hydrogen) atoms. The summed E-state index contributed by atoms with van der Waals surface area (Å²) in [5.41, 5.74) is 7.50. The van der Waals surface area contributed by atoms with Crippen LogP contribution in [0, 0.1) is 0 Å². The van der Waals surface area contributed by atoms with Crippen molar-refractivity contribution < 1.29 is 4.79 Å². The van der Waals surface area contributed by atoms with Gasteiger partial charge in [-0.1, -0.05) is 25.5 Å². The third-order valence-corrected chi connectivity index (χ3v) is 3.15. The predicted octanol–water partition coefficient (Wildman–Crippen LogP) is 2.57. The summed E-state index contributed by atoms with van der Waals surface area (Å²) in [7, 11) is 1.94. The van der Waals surface area contributed by atoms with Crippen molar-refractivity contribution in [3.05, 3.63) is 36.7 Å². The minimum absolute atomic E-state index is 0. The van der Waals surface area contributed by atoms with Gasteiger partial charge in [0.1, 0.15) is 5.82 Å². The Bertz CT molecular complexity index is 597. The van der Waals surface area contributed by atoms with Crippen molar-refractivity contribution in [1.29, 1.82) is 0 Å². The second-order valence-corrected chi connectivity index (χ2v) is 4.83. The van der Waals surface area contributed by atoms with E-state index in [1.54, 1.807) is 6.20 Å². The summed E-state index contributed by atoms with van der Waals surface area (Å²) in [6.07, 6.45) is 5.21. The Morgan fingerprint density at radius 1 is 1.48 bits per heavy atom. The lowest BCUT2D eigenvalue weighted by atomic mass is 10.1. The van der Waals surface area contributed by atoms with Gasteiger partial charge in [0.15, 0.2) is 0 Å². The number of aromatic nitrogens is 2. The van der Waals surface area contributed by atoms with Crippen molar-refractivity contribution in [2.75, 3.05) is 5.32 Å². The van der Waals surface area contributed by atoms with E-state index in [0.717, 1.165) is 23.5 Å². The third-order valence-electron chi connectivity index (χ3n) is 3.15. The molecule has 0 aliphatic rings. The number of nitrogens with zero attached hydrogens (tertiary/aromatic N) is 2. The standard InChI is InChI=1S/C15H20N4O.ClH/c1-3-5-13(16)15(20)18-12-7-4-6-11(10-12)14-17-8-9-19(14)2;/h4,6-10,13H,3,5,16H2,1-2H3,(H,18,20);1H. The first-order valence-electron chi connectivity index (χ1n) is 6.76. The summed E-state index contributed by atoms with van der Waals surface area (Å²) in [5, 5.41) is 2.85. The van der Waals surface area contributed by atoms with Gasteiger partial charge >= 0.3 is 0 Å². The zero-order valence-corrected chi connectivity index (χ0v) is 13.1. The van der Waals surface area contributed by atoms with Crippen molar-refractivity contribution >= 4 is 24.0 Å². The van der Waals surface area contributed by atoms with Crippen molar-refractivity contribution in [3.63, 3.8) is 0 Å². The van der Waals surface area contributed by atoms with E-state index in [9.17, 15) is 4.79 Å². The van der Waals surface area contributed by atoms with Gasteiger partial charge in [0, 0.05) is 30.7 Å². The summed E-state index contributed by atoms with van der Waals surface area (Å²) in [6.45, 7) is 2.01. The number of imidazole rings is 1. The van der Waals surface area contributed by atoms with E-state index in [0.29, 0.717) is 6.42 Å². The quantitative estimate of drug-likeness (QED) is 0.891. The van der Waals surface area contributed by atoms with Crippen LogP contribution in [0.25, 0.3) is 11.4 Å². The van der Waals surface area contributed by atoms with Gasteiger partial charge in [0.2, 0.25) is 5.91 Å². The molecule has 1 heterocycles. The molecule has 1 aromatic carbocycles. The van der Waals surface area contributed by atoms with Gasteiger partial charge in [0.05, 0.1) is 6.04 Å². The highest BCUT2D eigenvalue weighted by Crippen LogP contribution is 2.20. The van der Waals surface area contributed by atoms with Crippen LogP contribution in [0.1, 0.15) is 19.8 Å². The number of benzene rings is 1. The van der Waals surface area contributed by atoms with Crippen LogP contribution in [0.15, 0.2) is 36.7 Å². The lowest BCUT2D eigenvalue weighted by Crippen LogP contribution is -2.35. The molecule has 0 radical (unpaired) electrons. The van der Waals surface area contributed by atoms with E-state index in [-0.39, 0.29) is 18.3 Å². The molecular weight excluding hydrogens is 288 g/mol. The molecule has 1 amide bonds. The molecule has 2 aromatic rings. The molecule has 0 spiro atoms. The summed E-state index contributed by atoms with van der Waals surface area (Å²) in [4.78, 5) is 16.2. The second-order valence-electron chi connectivity index (χ2n) is 4.83. The van der Waals surface area contributed by atoms with Gasteiger partial charge in [-0.05, 0) is 18.6 Å². The number of hydrogen-bond acceptors (Lipinski definition) is 3. The molecule has 0 aliphatic carbocycles. The summed E-state index contributed by atoms with van der Waals surface area (Å²) >= 11 is 0. The highest BCUT2D eigenvalue weighted by Gasteiger charge is 2.12. The van der Waals surface area contributed by atoms with Crippen LogP contribution >= 0.6 is 12.4 Å². The Morgan fingerprint density at radius 2 is 2.24 bits per heavy atom. The predicted molar refractivity (Wildman–Crippen MR) is 87.4 cm³/mol. The summed E-state index contributed by atoms with van der Waals surface area (Å²) < 4.78 is 1.93. The number of aryl methyl sites for hydroxylation is 1. The topological polar surface area (TPSA) is 72.9 Å². The van der Waals surface area contributed by atoms with E-state index < -0.39 is 6.04 Å². The monoisotopic (exact) mass is 308 g/mol. The molecule has 1 unspecified atom stereocenters. The number of carbonyl (C=O) groups excluding carboxylic acids is 1. The largest absolute Gasteiger partial charge is 0.334 e. The Balaban J connectivity index is 0.00000220. The molecule has 5 nitrogen and oxygen atoms in total. The Morgan fingerprint density at radius 3 is 2.86 bits per heavy atom. The van der Waals surface area contributed by atoms with Crippen LogP contribution < -0.4 is 11.1 Å². The molecule has 1 atom stereocenters. The molecule has 6 heteroatoms. The van der Waals surface area contributed by atoms with Crippen LogP contribution in [0.5, 0.6) is 0 Å². The fourth-order valence-corrected chi connectivity index (χ4v) is 2.06. The SMILES string of the molecule is CCCC(N)C(=O)Nc1cccc(-c2nccn2C)c1.Cl. The van der Waals surface area contributed by atoms with Crippen molar-refractivity contribution in [1.82, 2.24) is 9.55 Å². The highest BCUT2D eigenvalue weighted by molar-refractivity contribution is 5.95. The maximum atomic E-state index is 11.9. The van der Waals surface area contributed by atoms with Crippen molar-refractivity contribution in [2.45, 2.75) is 25.8 Å². The minimum atomic E-state index is -0.461. The van der Waals surface area contributed by atoms with E-state index in [2.05, 4.69) is 10.3 Å². The van der Waals surface area contributed by atoms with Crippen LogP contribution in [0.3, 0.4) is 0 Å². The number of rotatable bonds is 5. The zero-order valence-electron chi connectivity index (χ0n) is 12.2. The number of carbonyl (C=O) groups is 1. The maximum absolute atomic E-state index is 11.9. The second kappa shape index (κ2) is 7.81. The minimum Gasteiger partial charge on any atom is -0.334 e. The van der Waals surface area contributed by atoms with Crippen molar-refractivity contribution in [2.24, 2.45) is 12.8 Å². The number of halogens is 1.